The van der Waals surface area contributed by atoms with E-state index < -0.39 is 0 Å². The minimum absolute atomic E-state index is 0.0434. The maximum absolute atomic E-state index is 13.0. The van der Waals surface area contributed by atoms with Gasteiger partial charge in [-0.2, -0.15) is 5.10 Å². The van der Waals surface area contributed by atoms with E-state index in [1.165, 1.54) is 5.56 Å². The van der Waals surface area contributed by atoms with E-state index in [0.29, 0.717) is 18.0 Å². The van der Waals surface area contributed by atoms with Crippen LogP contribution in [0.2, 0.25) is 5.02 Å². The van der Waals surface area contributed by atoms with Gasteiger partial charge in [-0.15, -0.1) is 0 Å². The number of quaternary nitrogens is 1. The summed E-state index contributed by atoms with van der Waals surface area (Å²) >= 11 is 6.01. The summed E-state index contributed by atoms with van der Waals surface area (Å²) in [5, 5.41) is 8.93. The number of amides is 1. The number of nitrogens with zero attached hydrogens (tertiary/aromatic N) is 2. The number of hydrogen-bond donors (Lipinski definition) is 1. The lowest BCUT2D eigenvalue weighted by Gasteiger charge is -2.20. The minimum Gasteiger partial charge on any atom is -0.467 e. The highest BCUT2D eigenvalue weighted by molar-refractivity contribution is 6.30. The molecule has 0 unspecified atom stereocenters. The summed E-state index contributed by atoms with van der Waals surface area (Å²) in [6.45, 7) is 2.41. The molecule has 1 aromatic heterocycles. The van der Waals surface area contributed by atoms with Crippen LogP contribution in [0.15, 0.2) is 82.5 Å². The lowest BCUT2D eigenvalue weighted by Crippen LogP contribution is -2.86. The third-order valence-corrected chi connectivity index (χ3v) is 5.44. The number of hydrazone groups is 1. The van der Waals surface area contributed by atoms with Crippen LogP contribution in [0.3, 0.4) is 0 Å². The second-order valence-electron chi connectivity index (χ2n) is 7.17. The molecule has 1 aliphatic heterocycles. The molecule has 148 valence electrons. The molecule has 29 heavy (non-hydrogen) atoms. The molecular formula is C23H23ClN3O2+. The summed E-state index contributed by atoms with van der Waals surface area (Å²) < 4.78 is 5.60. The van der Waals surface area contributed by atoms with Crippen LogP contribution in [0, 0.1) is 0 Å². The fourth-order valence-corrected chi connectivity index (χ4v) is 3.65. The first-order valence-corrected chi connectivity index (χ1v) is 10.1. The summed E-state index contributed by atoms with van der Waals surface area (Å²) in [5.74, 6) is 0.695. The Morgan fingerprint density at radius 2 is 1.93 bits per heavy atom. The zero-order valence-corrected chi connectivity index (χ0v) is 16.9. The lowest BCUT2D eigenvalue weighted by molar-refractivity contribution is -0.683. The number of nitrogens with two attached hydrogens (primary N) is 1. The van der Waals surface area contributed by atoms with Crippen LogP contribution in [-0.4, -0.2) is 23.2 Å². The first-order valence-electron chi connectivity index (χ1n) is 9.69. The molecule has 1 amide bonds. The Morgan fingerprint density at radius 1 is 1.17 bits per heavy atom. The van der Waals surface area contributed by atoms with E-state index in [1.807, 2.05) is 59.9 Å². The van der Waals surface area contributed by atoms with Gasteiger partial charge in [0.15, 0.2) is 6.54 Å². The van der Waals surface area contributed by atoms with Crippen LogP contribution in [0.25, 0.3) is 0 Å². The normalized spacial score (nSPS) is 17.2. The monoisotopic (exact) mass is 408 g/mol. The van der Waals surface area contributed by atoms with Crippen LogP contribution in [-0.2, 0) is 4.79 Å². The molecule has 0 saturated carbocycles. The minimum atomic E-state index is -0.233. The topological polar surface area (TPSA) is 62.4 Å². The highest BCUT2D eigenvalue weighted by Crippen LogP contribution is 2.33. The number of furan rings is 1. The number of halogens is 1. The van der Waals surface area contributed by atoms with Gasteiger partial charge >= 0.3 is 0 Å². The van der Waals surface area contributed by atoms with E-state index in [2.05, 4.69) is 24.2 Å². The Labute approximate surface area is 175 Å². The molecule has 4 rings (SSSR count). The van der Waals surface area contributed by atoms with E-state index in [9.17, 15) is 4.79 Å². The molecule has 0 spiro atoms. The average molecular weight is 409 g/mol. The number of carbonyl (C=O) groups is 1. The summed E-state index contributed by atoms with van der Waals surface area (Å²) in [4.78, 5) is 13.0. The first-order chi connectivity index (χ1) is 14.1. The molecule has 5 nitrogen and oxygen atoms in total. The predicted molar refractivity (Wildman–Crippen MR) is 113 cm³/mol. The second kappa shape index (κ2) is 8.64. The molecule has 2 N–H and O–H groups in total. The largest absolute Gasteiger partial charge is 0.467 e. The van der Waals surface area contributed by atoms with Gasteiger partial charge in [0.2, 0.25) is 0 Å². The van der Waals surface area contributed by atoms with E-state index >= 15 is 0 Å². The molecule has 2 atom stereocenters. The van der Waals surface area contributed by atoms with Crippen LogP contribution in [0.4, 0.5) is 0 Å². The maximum atomic E-state index is 13.0. The molecule has 6 heteroatoms. The van der Waals surface area contributed by atoms with Crippen LogP contribution in [0.1, 0.15) is 42.3 Å². The van der Waals surface area contributed by atoms with E-state index in [0.717, 1.165) is 17.0 Å². The molecule has 0 aliphatic carbocycles. The third kappa shape index (κ3) is 4.42. The van der Waals surface area contributed by atoms with Crippen molar-refractivity contribution in [1.29, 1.82) is 0 Å². The van der Waals surface area contributed by atoms with Gasteiger partial charge in [-0.05, 0) is 36.8 Å². The summed E-state index contributed by atoms with van der Waals surface area (Å²) in [6.07, 6.45) is 2.23. The van der Waals surface area contributed by atoms with Crippen molar-refractivity contribution in [2.45, 2.75) is 25.4 Å². The Kier molecular flexibility index (Phi) is 5.79. The van der Waals surface area contributed by atoms with E-state index in [1.54, 1.807) is 11.3 Å². The van der Waals surface area contributed by atoms with Crippen molar-refractivity contribution in [3.63, 3.8) is 0 Å². The quantitative estimate of drug-likeness (QED) is 0.671. The lowest BCUT2D eigenvalue weighted by atomic mass is 10.0. The predicted octanol–water partition coefficient (Wildman–Crippen LogP) is 3.94. The van der Waals surface area contributed by atoms with Gasteiger partial charge in [0.05, 0.1) is 12.0 Å². The molecule has 0 fully saturated rings. The Balaban J connectivity index is 1.51. The maximum Gasteiger partial charge on any atom is 0.298 e. The van der Waals surface area contributed by atoms with Crippen molar-refractivity contribution in [3.05, 3.63) is 94.9 Å². The molecule has 0 bridgehead atoms. The molecular weight excluding hydrogens is 386 g/mol. The van der Waals surface area contributed by atoms with Crippen molar-refractivity contribution < 1.29 is 14.5 Å². The number of hydrogen-bond acceptors (Lipinski definition) is 3. The highest BCUT2D eigenvalue weighted by Gasteiger charge is 2.35. The standard InChI is InChI=1S/C23H22ClN3O2/c1-16(17-6-3-2-4-7-17)25-15-23(28)27-21(22-8-5-13-29-22)14-20(26-27)18-9-11-19(24)12-10-18/h2-13,16,21,25H,14-15H2,1H3/p+1/t16-,21-/m0/s1. The summed E-state index contributed by atoms with van der Waals surface area (Å²) in [6, 6.07) is 21.4. The van der Waals surface area contributed by atoms with Crippen molar-refractivity contribution >= 4 is 23.2 Å². The number of carbonyl (C=O) groups excluding carboxylic acids is 1. The highest BCUT2D eigenvalue weighted by atomic mass is 35.5. The van der Waals surface area contributed by atoms with Gasteiger partial charge < -0.3 is 9.73 Å². The van der Waals surface area contributed by atoms with Gasteiger partial charge in [-0.3, -0.25) is 4.79 Å². The fourth-order valence-electron chi connectivity index (χ4n) is 3.52. The van der Waals surface area contributed by atoms with Crippen molar-refractivity contribution in [3.8, 4) is 0 Å². The van der Waals surface area contributed by atoms with E-state index in [-0.39, 0.29) is 18.0 Å². The Bertz CT molecular complexity index is 985. The zero-order chi connectivity index (χ0) is 20.2. The van der Waals surface area contributed by atoms with Gasteiger partial charge in [0.25, 0.3) is 5.91 Å². The molecule has 0 radical (unpaired) electrons. The number of benzene rings is 2. The third-order valence-electron chi connectivity index (χ3n) is 5.19. The van der Waals surface area contributed by atoms with Gasteiger partial charge in [0, 0.05) is 17.0 Å². The average Bonchev–Trinajstić information content (AvgIpc) is 3.43. The van der Waals surface area contributed by atoms with E-state index in [4.69, 9.17) is 16.0 Å². The summed E-state index contributed by atoms with van der Waals surface area (Å²) in [5.41, 5.74) is 3.00. The SMILES string of the molecule is C[C@H]([NH2+]CC(=O)N1N=C(c2ccc(Cl)cc2)C[C@H]1c1ccco1)c1ccccc1. The molecule has 1 aliphatic rings. The van der Waals surface area contributed by atoms with Crippen molar-refractivity contribution in [2.24, 2.45) is 5.10 Å². The smallest absolute Gasteiger partial charge is 0.298 e. The zero-order valence-electron chi connectivity index (χ0n) is 16.2. The first kappa shape index (κ1) is 19.4. The van der Waals surface area contributed by atoms with Crippen LogP contribution < -0.4 is 5.32 Å². The van der Waals surface area contributed by atoms with Gasteiger partial charge in [-0.25, -0.2) is 5.01 Å². The van der Waals surface area contributed by atoms with Crippen LogP contribution >= 0.6 is 11.6 Å². The Hall–Kier alpha value is -2.89. The fraction of sp³-hybridized carbons (Fsp3) is 0.217. The van der Waals surface area contributed by atoms with Crippen molar-refractivity contribution in [1.82, 2.24) is 5.01 Å². The summed E-state index contributed by atoms with van der Waals surface area (Å²) in [7, 11) is 0. The van der Waals surface area contributed by atoms with Crippen molar-refractivity contribution in [2.75, 3.05) is 6.54 Å². The number of rotatable bonds is 6. The van der Waals surface area contributed by atoms with Gasteiger partial charge in [-0.1, -0.05) is 54.1 Å². The molecule has 3 aromatic rings. The molecule has 0 saturated heterocycles. The Morgan fingerprint density at radius 3 is 2.62 bits per heavy atom. The molecule has 2 aromatic carbocycles. The molecule has 2 heterocycles. The van der Waals surface area contributed by atoms with Gasteiger partial charge in [0.1, 0.15) is 17.8 Å². The van der Waals surface area contributed by atoms with Crippen LogP contribution in [0.5, 0.6) is 0 Å². The second-order valence-corrected chi connectivity index (χ2v) is 7.60.